The van der Waals surface area contributed by atoms with Gasteiger partial charge in [0.1, 0.15) is 5.75 Å². The molecule has 3 aromatic carbocycles. The fourth-order valence-electron chi connectivity index (χ4n) is 4.05. The third-order valence-corrected chi connectivity index (χ3v) is 5.69. The molecule has 168 valence electrons. The smallest absolute Gasteiger partial charge is 0.341 e. The Morgan fingerprint density at radius 2 is 1.97 bits per heavy atom. The molecule has 1 fully saturated rings. The van der Waals surface area contributed by atoms with Gasteiger partial charge in [-0.1, -0.05) is 48.5 Å². The lowest BCUT2D eigenvalue weighted by molar-refractivity contribution is -0.139. The van der Waals surface area contributed by atoms with E-state index in [9.17, 15) is 9.90 Å². The molecule has 0 amide bonds. The van der Waals surface area contributed by atoms with Crippen molar-refractivity contribution in [2.75, 3.05) is 31.2 Å². The number of fused-ring (bicyclic) bond motifs is 1. The van der Waals surface area contributed by atoms with Crippen molar-refractivity contribution >= 4 is 22.4 Å². The summed E-state index contributed by atoms with van der Waals surface area (Å²) in [6.45, 7) is 3.05. The number of hydrogen-bond donors (Lipinski definition) is 3. The van der Waals surface area contributed by atoms with Gasteiger partial charge < -0.3 is 29.9 Å². The summed E-state index contributed by atoms with van der Waals surface area (Å²) in [7, 11) is 0. The highest BCUT2D eigenvalue weighted by Crippen LogP contribution is 2.27. The highest BCUT2D eigenvalue weighted by Gasteiger charge is 2.28. The number of rotatable bonds is 8. The number of morpholine rings is 1. The van der Waals surface area contributed by atoms with E-state index in [2.05, 4.69) is 48.6 Å². The van der Waals surface area contributed by atoms with Crippen molar-refractivity contribution in [3.8, 4) is 5.75 Å². The number of hydrogen-bond acceptors (Lipinski definition) is 6. The van der Waals surface area contributed by atoms with Crippen LogP contribution in [0.25, 0.3) is 10.8 Å². The van der Waals surface area contributed by atoms with Crippen molar-refractivity contribution in [3.63, 3.8) is 0 Å². The molecule has 7 nitrogen and oxygen atoms in total. The fraction of sp³-hybridized carbons (Fsp3) is 0.320. The first-order valence-corrected chi connectivity index (χ1v) is 10.7. The Hall–Kier alpha value is -3.13. The first-order valence-electron chi connectivity index (χ1n) is 10.7. The summed E-state index contributed by atoms with van der Waals surface area (Å²) in [6, 6.07) is 21.9. The zero-order chi connectivity index (χ0) is 22.5. The molecule has 7 heteroatoms. The minimum atomic E-state index is -1.03. The molecule has 0 aliphatic carbocycles. The van der Waals surface area contributed by atoms with Crippen LogP contribution in [0.5, 0.6) is 5.75 Å². The van der Waals surface area contributed by atoms with E-state index in [4.69, 9.17) is 14.6 Å². The molecule has 1 aliphatic rings. The standard InChI is InChI=1S/C25H28N2O5/c1-17(22-11-4-7-18-6-2-3-10-23(18)22)26-13-21-14-27(24(28)15-31-21)19-8-5-9-20(12-19)32-16-25(29)30/h2-12,17,21,24,26,28H,13-16H2,1H3,(H,29,30). The van der Waals surface area contributed by atoms with Gasteiger partial charge in [-0.3, -0.25) is 0 Å². The van der Waals surface area contributed by atoms with Crippen LogP contribution in [-0.4, -0.2) is 54.8 Å². The Labute approximate surface area is 187 Å². The van der Waals surface area contributed by atoms with Crippen LogP contribution < -0.4 is 15.0 Å². The number of benzene rings is 3. The summed E-state index contributed by atoms with van der Waals surface area (Å²) in [6.07, 6.45) is -0.893. The Balaban J connectivity index is 1.40. The second-order valence-corrected chi connectivity index (χ2v) is 7.97. The molecular formula is C25H28N2O5. The van der Waals surface area contributed by atoms with Crippen molar-refractivity contribution in [1.29, 1.82) is 0 Å². The Bertz CT molecular complexity index is 1070. The number of nitrogens with zero attached hydrogens (tertiary/aromatic N) is 1. The predicted octanol–water partition coefficient (Wildman–Crippen LogP) is 3.18. The van der Waals surface area contributed by atoms with Crippen molar-refractivity contribution in [1.82, 2.24) is 5.32 Å². The zero-order valence-electron chi connectivity index (χ0n) is 18.0. The van der Waals surface area contributed by atoms with Crippen LogP contribution in [-0.2, 0) is 9.53 Å². The third kappa shape index (κ3) is 5.19. The quantitative estimate of drug-likeness (QED) is 0.500. The van der Waals surface area contributed by atoms with Crippen LogP contribution >= 0.6 is 0 Å². The lowest BCUT2D eigenvalue weighted by Crippen LogP contribution is -2.52. The van der Waals surface area contributed by atoms with Crippen LogP contribution in [0.1, 0.15) is 18.5 Å². The summed E-state index contributed by atoms with van der Waals surface area (Å²) in [5, 5.41) is 25.3. The lowest BCUT2D eigenvalue weighted by Gasteiger charge is -2.39. The maximum Gasteiger partial charge on any atom is 0.341 e. The summed E-state index contributed by atoms with van der Waals surface area (Å²) in [4.78, 5) is 12.6. The monoisotopic (exact) mass is 436 g/mol. The van der Waals surface area contributed by atoms with Crippen molar-refractivity contribution in [3.05, 3.63) is 72.3 Å². The third-order valence-electron chi connectivity index (χ3n) is 5.69. The van der Waals surface area contributed by atoms with Gasteiger partial charge in [0.2, 0.25) is 0 Å². The molecule has 1 saturated heterocycles. The van der Waals surface area contributed by atoms with E-state index in [0.29, 0.717) is 18.8 Å². The van der Waals surface area contributed by atoms with Crippen LogP contribution in [0.15, 0.2) is 66.7 Å². The van der Waals surface area contributed by atoms with Gasteiger partial charge in [-0.05, 0) is 35.4 Å². The highest BCUT2D eigenvalue weighted by molar-refractivity contribution is 5.86. The number of carbonyl (C=O) groups is 1. The van der Waals surface area contributed by atoms with Gasteiger partial charge >= 0.3 is 5.97 Å². The van der Waals surface area contributed by atoms with E-state index < -0.39 is 18.8 Å². The van der Waals surface area contributed by atoms with E-state index in [0.717, 1.165) is 5.69 Å². The van der Waals surface area contributed by atoms with Crippen molar-refractivity contribution in [2.24, 2.45) is 0 Å². The molecule has 0 bridgehead atoms. The van der Waals surface area contributed by atoms with E-state index >= 15 is 0 Å². The van der Waals surface area contributed by atoms with Gasteiger partial charge in [0.25, 0.3) is 0 Å². The topological polar surface area (TPSA) is 91.3 Å². The van der Waals surface area contributed by atoms with E-state index in [1.165, 1.54) is 16.3 Å². The molecule has 3 aromatic rings. The highest BCUT2D eigenvalue weighted by atomic mass is 16.5. The molecule has 32 heavy (non-hydrogen) atoms. The summed E-state index contributed by atoms with van der Waals surface area (Å²) in [5.41, 5.74) is 2.00. The number of aliphatic hydroxyl groups is 1. The molecule has 4 rings (SSSR count). The van der Waals surface area contributed by atoms with Gasteiger partial charge in [0.05, 0.1) is 12.7 Å². The van der Waals surface area contributed by atoms with Gasteiger partial charge in [0.15, 0.2) is 12.8 Å². The maximum absolute atomic E-state index is 10.8. The Morgan fingerprint density at radius 1 is 1.19 bits per heavy atom. The van der Waals surface area contributed by atoms with Crippen molar-refractivity contribution < 1.29 is 24.5 Å². The number of carboxylic acids is 1. The number of ether oxygens (including phenoxy) is 2. The zero-order valence-corrected chi connectivity index (χ0v) is 18.0. The molecule has 3 N–H and O–H groups in total. The molecule has 0 spiro atoms. The average Bonchev–Trinajstić information content (AvgIpc) is 2.82. The van der Waals surface area contributed by atoms with Crippen LogP contribution in [0.3, 0.4) is 0 Å². The SMILES string of the molecule is CC(NCC1CN(c2cccc(OCC(=O)O)c2)C(O)CO1)c1cccc2ccccc12. The van der Waals surface area contributed by atoms with Gasteiger partial charge in [-0.2, -0.15) is 0 Å². The fourth-order valence-corrected chi connectivity index (χ4v) is 4.05. The molecule has 1 aliphatic heterocycles. The molecule has 1 heterocycles. The largest absolute Gasteiger partial charge is 0.482 e. The number of nitrogens with one attached hydrogen (secondary N) is 1. The first kappa shape index (κ1) is 22.1. The average molecular weight is 437 g/mol. The Kier molecular flexibility index (Phi) is 6.90. The van der Waals surface area contributed by atoms with Crippen LogP contribution in [0.4, 0.5) is 5.69 Å². The minimum absolute atomic E-state index is 0.112. The second kappa shape index (κ2) is 9.99. The first-order chi connectivity index (χ1) is 15.5. The normalized spacial score (nSPS) is 19.6. The van der Waals surface area contributed by atoms with Crippen molar-refractivity contribution in [2.45, 2.75) is 25.3 Å². The Morgan fingerprint density at radius 3 is 2.81 bits per heavy atom. The lowest BCUT2D eigenvalue weighted by atomic mass is 9.99. The van der Waals surface area contributed by atoms with E-state index in [1.54, 1.807) is 18.2 Å². The summed E-state index contributed by atoms with van der Waals surface area (Å²) < 4.78 is 11.1. The minimum Gasteiger partial charge on any atom is -0.482 e. The maximum atomic E-state index is 10.8. The van der Waals surface area contributed by atoms with E-state index in [1.807, 2.05) is 17.0 Å². The van der Waals surface area contributed by atoms with Gasteiger partial charge in [0, 0.05) is 30.9 Å². The number of aliphatic hydroxyl groups excluding tert-OH is 1. The number of carboxylic acid groups (broad SMARTS) is 1. The molecular weight excluding hydrogens is 408 g/mol. The molecule has 0 saturated carbocycles. The molecule has 0 radical (unpaired) electrons. The number of aliphatic carboxylic acids is 1. The number of anilines is 1. The predicted molar refractivity (Wildman–Crippen MR) is 123 cm³/mol. The van der Waals surface area contributed by atoms with E-state index in [-0.39, 0.29) is 18.8 Å². The second-order valence-electron chi connectivity index (χ2n) is 7.97. The van der Waals surface area contributed by atoms with Gasteiger partial charge in [-0.25, -0.2) is 4.79 Å². The van der Waals surface area contributed by atoms with Crippen LogP contribution in [0, 0.1) is 0 Å². The molecule has 3 unspecified atom stereocenters. The molecule has 0 aromatic heterocycles. The van der Waals surface area contributed by atoms with Gasteiger partial charge in [-0.15, -0.1) is 0 Å². The summed E-state index contributed by atoms with van der Waals surface area (Å²) >= 11 is 0. The van der Waals surface area contributed by atoms with Crippen LogP contribution in [0.2, 0.25) is 0 Å². The molecule has 3 atom stereocenters. The summed E-state index contributed by atoms with van der Waals surface area (Å²) in [5.74, 6) is -0.587.